The van der Waals surface area contributed by atoms with Crippen LogP contribution in [0.25, 0.3) is 0 Å². The molecule has 0 spiro atoms. The van der Waals surface area contributed by atoms with Gasteiger partial charge in [-0.3, -0.25) is 14.9 Å². The van der Waals surface area contributed by atoms with Crippen LogP contribution >= 0.6 is 0 Å². The van der Waals surface area contributed by atoms with Gasteiger partial charge in [-0.15, -0.1) is 0 Å². The highest BCUT2D eigenvalue weighted by Gasteiger charge is 2.38. The first-order valence-corrected chi connectivity index (χ1v) is 8.97. The summed E-state index contributed by atoms with van der Waals surface area (Å²) in [4.78, 5) is 25.7. The number of carboxylic acids is 1. The molecule has 140 valence electrons. The molecule has 6 atom stereocenters. The molecule has 0 aromatic heterocycles. The highest BCUT2D eigenvalue weighted by molar-refractivity contribution is 5.82. The molecule has 0 radical (unpaired) electrons. The third kappa shape index (κ3) is 4.91. The third-order valence-electron chi connectivity index (χ3n) is 5.32. The number of hydrogen-bond donors (Lipinski definition) is 4. The summed E-state index contributed by atoms with van der Waals surface area (Å²) in [5.41, 5.74) is 6.05. The van der Waals surface area contributed by atoms with Crippen molar-refractivity contribution in [2.45, 2.75) is 77.7 Å². The van der Waals surface area contributed by atoms with Gasteiger partial charge >= 0.3 is 5.97 Å². The van der Waals surface area contributed by atoms with Crippen LogP contribution in [0.5, 0.6) is 0 Å². The largest absolute Gasteiger partial charge is 0.480 e. The van der Waals surface area contributed by atoms with Crippen molar-refractivity contribution in [3.63, 3.8) is 0 Å². The molecule has 0 bridgehead atoms. The molecular formula is C17H33N3O4. The van der Waals surface area contributed by atoms with Crippen LogP contribution in [0.1, 0.15) is 53.4 Å². The minimum absolute atomic E-state index is 0.0655. The molecule has 0 aromatic rings. The number of aliphatic hydroxyl groups is 1. The zero-order chi connectivity index (χ0) is 18.4. The van der Waals surface area contributed by atoms with Crippen LogP contribution in [0.2, 0.25) is 0 Å². The lowest BCUT2D eigenvalue weighted by molar-refractivity contribution is -0.143. The predicted octanol–water partition coefficient (Wildman–Crippen LogP) is 0.758. The zero-order valence-corrected chi connectivity index (χ0v) is 15.2. The van der Waals surface area contributed by atoms with Crippen molar-refractivity contribution in [3.05, 3.63) is 0 Å². The molecule has 1 amide bonds. The van der Waals surface area contributed by atoms with E-state index in [4.69, 9.17) is 5.73 Å². The van der Waals surface area contributed by atoms with E-state index >= 15 is 0 Å². The molecule has 1 aliphatic heterocycles. The summed E-state index contributed by atoms with van der Waals surface area (Å²) in [6.07, 6.45) is 1.84. The fraction of sp³-hybridized carbons (Fsp3) is 0.882. The van der Waals surface area contributed by atoms with Crippen LogP contribution in [0.3, 0.4) is 0 Å². The number of amides is 1. The van der Waals surface area contributed by atoms with Crippen molar-refractivity contribution < 1.29 is 19.8 Å². The Morgan fingerprint density at radius 3 is 2.33 bits per heavy atom. The fourth-order valence-corrected chi connectivity index (χ4v) is 3.09. The molecule has 1 rings (SSSR count). The average molecular weight is 343 g/mol. The number of rotatable bonds is 9. The number of nitrogens with two attached hydrogens (primary N) is 1. The van der Waals surface area contributed by atoms with Gasteiger partial charge in [0.05, 0.1) is 12.1 Å². The average Bonchev–Trinajstić information content (AvgIpc) is 3.05. The van der Waals surface area contributed by atoms with E-state index in [0.717, 1.165) is 12.8 Å². The molecule has 1 aliphatic rings. The molecule has 0 aliphatic carbocycles. The van der Waals surface area contributed by atoms with Gasteiger partial charge in [-0.2, -0.15) is 0 Å². The highest BCUT2D eigenvalue weighted by atomic mass is 16.4. The molecule has 1 saturated heterocycles. The van der Waals surface area contributed by atoms with Gasteiger partial charge in [0.15, 0.2) is 0 Å². The monoisotopic (exact) mass is 343 g/mol. The van der Waals surface area contributed by atoms with Crippen molar-refractivity contribution in [3.8, 4) is 0 Å². The maximum Gasteiger partial charge on any atom is 0.321 e. The van der Waals surface area contributed by atoms with E-state index in [9.17, 15) is 19.8 Å². The minimum atomic E-state index is -1.07. The van der Waals surface area contributed by atoms with Gasteiger partial charge < -0.3 is 20.8 Å². The second-order valence-electron chi connectivity index (χ2n) is 6.97. The van der Waals surface area contributed by atoms with Crippen LogP contribution in [0.15, 0.2) is 0 Å². The van der Waals surface area contributed by atoms with Gasteiger partial charge in [-0.1, -0.05) is 40.5 Å². The maximum absolute atomic E-state index is 12.6. The Morgan fingerprint density at radius 1 is 1.25 bits per heavy atom. The fourth-order valence-electron chi connectivity index (χ4n) is 3.09. The Bertz CT molecular complexity index is 432. The van der Waals surface area contributed by atoms with Gasteiger partial charge in [0, 0.05) is 6.54 Å². The summed E-state index contributed by atoms with van der Waals surface area (Å²) in [5, 5.41) is 22.7. The van der Waals surface area contributed by atoms with E-state index in [1.165, 1.54) is 0 Å². The number of nitrogens with one attached hydrogen (secondary N) is 1. The lowest BCUT2D eigenvalue weighted by atomic mass is 9.97. The van der Waals surface area contributed by atoms with Gasteiger partial charge in [-0.05, 0) is 24.7 Å². The number of carbonyl (C=O) groups is 2. The Morgan fingerprint density at radius 2 is 1.83 bits per heavy atom. The van der Waals surface area contributed by atoms with Crippen LogP contribution < -0.4 is 11.1 Å². The predicted molar refractivity (Wildman–Crippen MR) is 92.2 cm³/mol. The normalized spacial score (nSPS) is 24.2. The molecule has 0 aromatic carbocycles. The van der Waals surface area contributed by atoms with Crippen molar-refractivity contribution in [1.82, 2.24) is 10.2 Å². The maximum atomic E-state index is 12.6. The smallest absolute Gasteiger partial charge is 0.321 e. The van der Waals surface area contributed by atoms with Gasteiger partial charge in [-0.25, -0.2) is 0 Å². The topological polar surface area (TPSA) is 116 Å². The van der Waals surface area contributed by atoms with Crippen LogP contribution in [0, 0.1) is 11.8 Å². The summed E-state index contributed by atoms with van der Waals surface area (Å²) in [6, 6.07) is -1.86. The van der Waals surface area contributed by atoms with Gasteiger partial charge in [0.1, 0.15) is 12.3 Å². The Hall–Kier alpha value is -1.18. The van der Waals surface area contributed by atoms with E-state index in [2.05, 4.69) is 5.32 Å². The first-order chi connectivity index (χ1) is 11.2. The number of carbonyl (C=O) groups excluding carboxylic acids is 1. The molecule has 5 N–H and O–H groups in total. The number of aliphatic carboxylic acids is 1. The number of nitrogens with zero attached hydrogens (tertiary/aromatic N) is 1. The van der Waals surface area contributed by atoms with Gasteiger partial charge in [0.25, 0.3) is 0 Å². The lowest BCUT2D eigenvalue weighted by Gasteiger charge is -2.34. The molecule has 7 nitrogen and oxygen atoms in total. The zero-order valence-electron chi connectivity index (χ0n) is 15.2. The Kier molecular flexibility index (Phi) is 8.12. The summed E-state index contributed by atoms with van der Waals surface area (Å²) < 4.78 is 0. The lowest BCUT2D eigenvalue weighted by Crippen LogP contribution is -2.58. The number of aliphatic hydroxyl groups excluding tert-OH is 1. The first-order valence-electron chi connectivity index (χ1n) is 8.97. The quantitative estimate of drug-likeness (QED) is 0.459. The summed E-state index contributed by atoms with van der Waals surface area (Å²) in [5.74, 6) is -1.21. The summed E-state index contributed by atoms with van der Waals surface area (Å²) in [6.45, 7) is 8.21. The number of carboxylic acid groups (broad SMARTS) is 1. The van der Waals surface area contributed by atoms with Gasteiger partial charge in [0.2, 0.25) is 5.91 Å². The van der Waals surface area contributed by atoms with Crippen LogP contribution in [0.4, 0.5) is 0 Å². The van der Waals surface area contributed by atoms with Crippen LogP contribution in [-0.2, 0) is 9.59 Å². The first kappa shape index (κ1) is 20.9. The van der Waals surface area contributed by atoms with E-state index in [-0.39, 0.29) is 17.7 Å². The molecule has 0 saturated carbocycles. The number of hydrogen-bond acceptors (Lipinski definition) is 5. The van der Waals surface area contributed by atoms with E-state index < -0.39 is 30.3 Å². The number of likely N-dealkylation sites (tertiary alicyclic amines) is 1. The molecular weight excluding hydrogens is 310 g/mol. The molecule has 0 unspecified atom stereocenters. The standard InChI is InChI=1S/C17H33N3O4/c1-5-10(3)13(18)16(22)20-9-7-8-12(20)15(21)19-14(17(23)24)11(4)6-2/h10-15,19,21H,5-9,18H2,1-4H3,(H,23,24)/t10-,11-,12-,13-,14-,15+/m0/s1. The van der Waals surface area contributed by atoms with Crippen molar-refractivity contribution in [1.29, 1.82) is 0 Å². The second kappa shape index (κ2) is 9.34. The molecule has 1 heterocycles. The summed E-state index contributed by atoms with van der Waals surface area (Å²) in [7, 11) is 0. The summed E-state index contributed by atoms with van der Waals surface area (Å²) >= 11 is 0. The molecule has 7 heteroatoms. The Balaban J connectivity index is 2.79. The van der Waals surface area contributed by atoms with E-state index in [1.54, 1.807) is 4.90 Å². The minimum Gasteiger partial charge on any atom is -0.480 e. The van der Waals surface area contributed by atoms with Crippen molar-refractivity contribution >= 4 is 11.9 Å². The molecule has 1 fully saturated rings. The van der Waals surface area contributed by atoms with Crippen LogP contribution in [-0.4, -0.2) is 57.9 Å². The van der Waals surface area contributed by atoms with Crippen molar-refractivity contribution in [2.75, 3.05) is 6.54 Å². The SMILES string of the molecule is CC[C@H](C)[C@H](N)C(=O)N1CCC[C@H]1[C@@H](O)N[C@H](C(=O)O)[C@@H](C)CC. The highest BCUT2D eigenvalue weighted by Crippen LogP contribution is 2.23. The third-order valence-corrected chi connectivity index (χ3v) is 5.32. The van der Waals surface area contributed by atoms with E-state index in [0.29, 0.717) is 19.4 Å². The Labute approximate surface area is 144 Å². The second-order valence-corrected chi connectivity index (χ2v) is 6.97. The molecule has 24 heavy (non-hydrogen) atoms. The van der Waals surface area contributed by atoms with E-state index in [1.807, 2.05) is 27.7 Å². The van der Waals surface area contributed by atoms with Crippen molar-refractivity contribution in [2.24, 2.45) is 17.6 Å².